The van der Waals surface area contributed by atoms with Gasteiger partial charge in [-0.3, -0.25) is 0 Å². The van der Waals surface area contributed by atoms with Crippen LogP contribution >= 0.6 is 11.6 Å². The van der Waals surface area contributed by atoms with Gasteiger partial charge in [0.25, 0.3) is 0 Å². The molecule has 1 N–H and O–H groups in total. The summed E-state index contributed by atoms with van der Waals surface area (Å²) >= 11 is 6.17. The molecule has 1 fully saturated rings. The predicted molar refractivity (Wildman–Crippen MR) is 74.6 cm³/mol. The lowest BCUT2D eigenvalue weighted by atomic mass is 10.0. The Hall–Kier alpha value is -0.530. The Kier molecular flexibility index (Phi) is 4.87. The Morgan fingerprint density at radius 1 is 1.29 bits per heavy atom. The fourth-order valence-electron chi connectivity index (χ4n) is 2.65. The van der Waals surface area contributed by atoms with Crippen LogP contribution in [0, 0.1) is 5.92 Å². The largest absolute Gasteiger partial charge is 0.314 e. The highest BCUT2D eigenvalue weighted by Gasteiger charge is 2.15. The molecule has 0 spiro atoms. The highest BCUT2D eigenvalue weighted by Crippen LogP contribution is 2.24. The fourth-order valence-corrected chi connectivity index (χ4v) is 2.86. The molecule has 0 amide bonds. The molecule has 1 aliphatic carbocycles. The van der Waals surface area contributed by atoms with Gasteiger partial charge in [-0.15, -0.1) is 0 Å². The number of halogens is 1. The lowest BCUT2D eigenvalue weighted by Gasteiger charge is -2.17. The van der Waals surface area contributed by atoms with Crippen LogP contribution in [0.3, 0.4) is 0 Å². The van der Waals surface area contributed by atoms with Gasteiger partial charge < -0.3 is 5.32 Å². The summed E-state index contributed by atoms with van der Waals surface area (Å²) in [4.78, 5) is 0. The molecule has 0 aliphatic heterocycles. The van der Waals surface area contributed by atoms with E-state index in [1.807, 2.05) is 12.1 Å². The molecule has 17 heavy (non-hydrogen) atoms. The number of hydrogen-bond donors (Lipinski definition) is 1. The molecule has 1 atom stereocenters. The minimum Gasteiger partial charge on any atom is -0.314 e. The Bertz CT molecular complexity index is 345. The molecule has 1 aliphatic rings. The lowest BCUT2D eigenvalue weighted by Crippen LogP contribution is -2.32. The standard InChI is InChI=1S/C15H22ClN/c1-12(17-11-13-6-2-3-7-13)10-14-8-4-5-9-15(14)16/h4-5,8-9,12-13,17H,2-3,6-7,10-11H2,1H3. The van der Waals surface area contributed by atoms with Gasteiger partial charge in [-0.25, -0.2) is 0 Å². The van der Waals surface area contributed by atoms with Gasteiger partial charge >= 0.3 is 0 Å². The van der Waals surface area contributed by atoms with Crippen LogP contribution in [0.25, 0.3) is 0 Å². The van der Waals surface area contributed by atoms with Crippen molar-refractivity contribution in [3.05, 3.63) is 34.9 Å². The zero-order valence-corrected chi connectivity index (χ0v) is 11.3. The molecule has 0 aromatic heterocycles. The first-order chi connectivity index (χ1) is 8.25. The summed E-state index contributed by atoms with van der Waals surface area (Å²) in [6.07, 6.45) is 6.68. The molecule has 0 heterocycles. The molecule has 1 nitrogen and oxygen atoms in total. The van der Waals surface area contributed by atoms with Gasteiger partial charge in [0, 0.05) is 11.1 Å². The number of benzene rings is 1. The first-order valence-corrected chi connectivity index (χ1v) is 7.10. The highest BCUT2D eigenvalue weighted by atomic mass is 35.5. The molecule has 0 bridgehead atoms. The van der Waals surface area contributed by atoms with Crippen molar-refractivity contribution in [2.24, 2.45) is 5.92 Å². The molecule has 2 rings (SSSR count). The summed E-state index contributed by atoms with van der Waals surface area (Å²) in [5.41, 5.74) is 1.25. The molecular formula is C15H22ClN. The smallest absolute Gasteiger partial charge is 0.0438 e. The first-order valence-electron chi connectivity index (χ1n) is 6.72. The van der Waals surface area contributed by atoms with E-state index in [0.29, 0.717) is 6.04 Å². The molecule has 1 saturated carbocycles. The molecule has 94 valence electrons. The Morgan fingerprint density at radius 3 is 2.71 bits per heavy atom. The monoisotopic (exact) mass is 251 g/mol. The molecule has 1 aromatic carbocycles. The fraction of sp³-hybridized carbons (Fsp3) is 0.600. The zero-order valence-electron chi connectivity index (χ0n) is 10.6. The average molecular weight is 252 g/mol. The van der Waals surface area contributed by atoms with Crippen molar-refractivity contribution in [3.8, 4) is 0 Å². The van der Waals surface area contributed by atoms with E-state index >= 15 is 0 Å². The van der Waals surface area contributed by atoms with Gasteiger partial charge in [0.2, 0.25) is 0 Å². The van der Waals surface area contributed by atoms with E-state index in [0.717, 1.165) is 17.4 Å². The molecule has 0 radical (unpaired) electrons. The third kappa shape index (κ3) is 4.01. The summed E-state index contributed by atoms with van der Waals surface area (Å²) in [6.45, 7) is 3.42. The second-order valence-corrected chi connectivity index (χ2v) is 5.66. The van der Waals surface area contributed by atoms with Crippen LogP contribution in [0.1, 0.15) is 38.2 Å². The minimum atomic E-state index is 0.510. The summed E-state index contributed by atoms with van der Waals surface area (Å²) in [5.74, 6) is 0.906. The highest BCUT2D eigenvalue weighted by molar-refractivity contribution is 6.31. The Morgan fingerprint density at radius 2 is 2.00 bits per heavy atom. The van der Waals surface area contributed by atoms with Gasteiger partial charge in [0.05, 0.1) is 0 Å². The van der Waals surface area contributed by atoms with Gasteiger partial charge in [0.15, 0.2) is 0 Å². The van der Waals surface area contributed by atoms with Gasteiger partial charge in [-0.2, -0.15) is 0 Å². The Labute approximate surface area is 110 Å². The molecule has 2 heteroatoms. The third-order valence-corrected chi connectivity index (χ3v) is 4.08. The maximum absolute atomic E-state index is 6.17. The summed E-state index contributed by atoms with van der Waals surface area (Å²) in [5, 5.41) is 4.53. The average Bonchev–Trinajstić information content (AvgIpc) is 2.82. The Balaban J connectivity index is 1.76. The normalized spacial score (nSPS) is 18.5. The third-order valence-electron chi connectivity index (χ3n) is 3.71. The van der Waals surface area contributed by atoms with Crippen molar-refractivity contribution in [3.63, 3.8) is 0 Å². The van der Waals surface area contributed by atoms with Crippen LogP contribution in [0.5, 0.6) is 0 Å². The summed E-state index contributed by atoms with van der Waals surface area (Å²) in [6, 6.07) is 8.65. The zero-order chi connectivity index (χ0) is 12.1. The lowest BCUT2D eigenvalue weighted by molar-refractivity contribution is 0.444. The topological polar surface area (TPSA) is 12.0 Å². The SMILES string of the molecule is CC(Cc1ccccc1Cl)NCC1CCCC1. The van der Waals surface area contributed by atoms with Crippen molar-refractivity contribution < 1.29 is 0 Å². The summed E-state index contributed by atoms with van der Waals surface area (Å²) in [7, 11) is 0. The second-order valence-electron chi connectivity index (χ2n) is 5.26. The van der Waals surface area contributed by atoms with Gasteiger partial charge in [-0.1, -0.05) is 42.6 Å². The molecule has 1 aromatic rings. The first kappa shape index (κ1) is 12.9. The molecule has 0 saturated heterocycles. The van der Waals surface area contributed by atoms with Crippen molar-refractivity contribution in [1.29, 1.82) is 0 Å². The summed E-state index contributed by atoms with van der Waals surface area (Å²) < 4.78 is 0. The maximum Gasteiger partial charge on any atom is 0.0438 e. The van der Waals surface area contributed by atoms with Crippen LogP contribution in [-0.2, 0) is 6.42 Å². The van der Waals surface area contributed by atoms with Crippen LogP contribution < -0.4 is 5.32 Å². The van der Waals surface area contributed by atoms with Crippen LogP contribution in [0.2, 0.25) is 5.02 Å². The van der Waals surface area contributed by atoms with Gasteiger partial charge in [-0.05, 0) is 50.3 Å². The van der Waals surface area contributed by atoms with Crippen molar-refractivity contribution in [1.82, 2.24) is 5.32 Å². The van der Waals surface area contributed by atoms with Crippen molar-refractivity contribution in [2.75, 3.05) is 6.54 Å². The van der Waals surface area contributed by atoms with E-state index in [9.17, 15) is 0 Å². The van der Waals surface area contributed by atoms with Crippen LogP contribution in [-0.4, -0.2) is 12.6 Å². The van der Waals surface area contributed by atoms with E-state index in [-0.39, 0.29) is 0 Å². The van der Waals surface area contributed by atoms with E-state index in [1.54, 1.807) is 0 Å². The number of nitrogens with one attached hydrogen (secondary N) is 1. The molecular weight excluding hydrogens is 230 g/mol. The maximum atomic E-state index is 6.17. The van der Waals surface area contributed by atoms with Crippen molar-refractivity contribution >= 4 is 11.6 Å². The van der Waals surface area contributed by atoms with Crippen molar-refractivity contribution in [2.45, 2.75) is 45.1 Å². The van der Waals surface area contributed by atoms with E-state index in [4.69, 9.17) is 11.6 Å². The number of rotatable bonds is 5. The van der Waals surface area contributed by atoms with Gasteiger partial charge in [0.1, 0.15) is 0 Å². The molecule has 1 unspecified atom stereocenters. The van der Waals surface area contributed by atoms with E-state index < -0.39 is 0 Å². The van der Waals surface area contributed by atoms with Crippen LogP contribution in [0.4, 0.5) is 0 Å². The minimum absolute atomic E-state index is 0.510. The van der Waals surface area contributed by atoms with Crippen LogP contribution in [0.15, 0.2) is 24.3 Å². The quantitative estimate of drug-likeness (QED) is 0.833. The number of hydrogen-bond acceptors (Lipinski definition) is 1. The predicted octanol–water partition coefficient (Wildman–Crippen LogP) is 4.05. The second kappa shape index (κ2) is 6.42. The van der Waals surface area contributed by atoms with E-state index in [1.165, 1.54) is 37.8 Å². The van der Waals surface area contributed by atoms with E-state index in [2.05, 4.69) is 24.4 Å².